The van der Waals surface area contributed by atoms with Crippen LogP contribution in [0.4, 0.5) is 0 Å². The van der Waals surface area contributed by atoms with Gasteiger partial charge in [-0.05, 0) is 18.6 Å². The van der Waals surface area contributed by atoms with E-state index < -0.39 is 11.4 Å². The summed E-state index contributed by atoms with van der Waals surface area (Å²) in [4.78, 5) is 22.7. The van der Waals surface area contributed by atoms with E-state index in [2.05, 4.69) is 0 Å². The monoisotopic (exact) mass is 282 g/mol. The van der Waals surface area contributed by atoms with Crippen LogP contribution in [-0.2, 0) is 0 Å². The highest BCUT2D eigenvalue weighted by atomic mass is 35.5. The number of halogens is 1. The molecule has 0 bridgehead atoms. The molecule has 100 valence electrons. The van der Waals surface area contributed by atoms with Crippen molar-refractivity contribution in [3.05, 3.63) is 40.2 Å². The lowest BCUT2D eigenvalue weighted by molar-refractivity contribution is 0.0693. The molecule has 0 aliphatic heterocycles. The number of carboxylic acids is 1. The largest absolute Gasteiger partial charge is 0.493 e. The summed E-state index contributed by atoms with van der Waals surface area (Å²) < 4.78 is 10.6. The predicted molar refractivity (Wildman–Crippen MR) is 70.3 cm³/mol. The standard InChI is InChI=1S/C13H11ClO5/c14-4-1-5-18-8-2-3-9-11(6-8)19-7-10(12(9)15)13(16)17/h2-3,6-7H,1,4-5H2,(H,16,17). The minimum absolute atomic E-state index is 0.213. The van der Waals surface area contributed by atoms with E-state index in [0.717, 1.165) is 6.26 Å². The number of aromatic carboxylic acids is 1. The van der Waals surface area contributed by atoms with Gasteiger partial charge in [0.1, 0.15) is 23.2 Å². The van der Waals surface area contributed by atoms with Gasteiger partial charge < -0.3 is 14.3 Å². The van der Waals surface area contributed by atoms with Crippen molar-refractivity contribution in [2.45, 2.75) is 6.42 Å². The molecular formula is C13H11ClO5. The van der Waals surface area contributed by atoms with Crippen molar-refractivity contribution in [1.29, 1.82) is 0 Å². The van der Waals surface area contributed by atoms with Crippen LogP contribution in [0.15, 0.2) is 33.7 Å². The lowest BCUT2D eigenvalue weighted by Crippen LogP contribution is -2.14. The van der Waals surface area contributed by atoms with Crippen molar-refractivity contribution in [3.8, 4) is 5.75 Å². The quantitative estimate of drug-likeness (QED) is 0.673. The van der Waals surface area contributed by atoms with Crippen molar-refractivity contribution >= 4 is 28.5 Å². The summed E-state index contributed by atoms with van der Waals surface area (Å²) in [5.41, 5.74) is -0.664. The van der Waals surface area contributed by atoms with Crippen LogP contribution >= 0.6 is 11.6 Å². The van der Waals surface area contributed by atoms with Crippen LogP contribution in [0, 0.1) is 0 Å². The number of ether oxygens (including phenoxy) is 1. The van der Waals surface area contributed by atoms with Crippen molar-refractivity contribution < 1.29 is 19.1 Å². The van der Waals surface area contributed by atoms with Crippen LogP contribution in [-0.4, -0.2) is 23.6 Å². The Morgan fingerprint density at radius 3 is 2.89 bits per heavy atom. The number of rotatable bonds is 5. The highest BCUT2D eigenvalue weighted by molar-refractivity contribution is 6.17. The summed E-state index contributed by atoms with van der Waals surface area (Å²) in [6, 6.07) is 4.64. The lowest BCUT2D eigenvalue weighted by Gasteiger charge is -2.05. The van der Waals surface area contributed by atoms with E-state index in [1.54, 1.807) is 12.1 Å². The maximum Gasteiger partial charge on any atom is 0.342 e. The van der Waals surface area contributed by atoms with Gasteiger partial charge >= 0.3 is 5.97 Å². The number of alkyl halides is 1. The van der Waals surface area contributed by atoms with Gasteiger partial charge in [-0.15, -0.1) is 11.6 Å². The van der Waals surface area contributed by atoms with Gasteiger partial charge in [-0.25, -0.2) is 4.79 Å². The van der Waals surface area contributed by atoms with Crippen LogP contribution in [0.25, 0.3) is 11.0 Å². The second-order valence-electron chi connectivity index (χ2n) is 3.83. The Morgan fingerprint density at radius 1 is 1.42 bits per heavy atom. The third-order valence-corrected chi connectivity index (χ3v) is 2.79. The number of carboxylic acid groups (broad SMARTS) is 1. The molecule has 0 amide bonds. The maximum absolute atomic E-state index is 11.8. The Labute approximate surface area is 113 Å². The molecule has 5 nitrogen and oxygen atoms in total. The summed E-state index contributed by atoms with van der Waals surface area (Å²) in [7, 11) is 0. The van der Waals surface area contributed by atoms with Crippen LogP contribution in [0.5, 0.6) is 5.75 Å². The molecule has 1 N–H and O–H groups in total. The van der Waals surface area contributed by atoms with E-state index in [4.69, 9.17) is 25.9 Å². The first-order valence-corrected chi connectivity index (χ1v) is 6.14. The molecule has 0 saturated carbocycles. The third kappa shape index (κ3) is 2.88. The first-order chi connectivity index (χ1) is 9.13. The molecule has 0 spiro atoms. The molecule has 1 aromatic carbocycles. The highest BCUT2D eigenvalue weighted by Gasteiger charge is 2.13. The van der Waals surface area contributed by atoms with E-state index in [9.17, 15) is 9.59 Å². The number of hydrogen-bond donors (Lipinski definition) is 1. The molecule has 0 fully saturated rings. The first-order valence-electron chi connectivity index (χ1n) is 5.61. The van der Waals surface area contributed by atoms with Crippen LogP contribution < -0.4 is 10.2 Å². The molecule has 0 saturated heterocycles. The Hall–Kier alpha value is -2.01. The summed E-state index contributed by atoms with van der Waals surface area (Å²) >= 11 is 5.54. The molecule has 6 heteroatoms. The van der Waals surface area contributed by atoms with Crippen molar-refractivity contribution in [1.82, 2.24) is 0 Å². The minimum Gasteiger partial charge on any atom is -0.493 e. The van der Waals surface area contributed by atoms with Gasteiger partial charge in [0.05, 0.1) is 12.0 Å². The van der Waals surface area contributed by atoms with E-state index in [1.807, 2.05) is 0 Å². The Balaban J connectivity index is 2.38. The van der Waals surface area contributed by atoms with Gasteiger partial charge in [-0.1, -0.05) is 0 Å². The summed E-state index contributed by atoms with van der Waals surface area (Å²) in [5, 5.41) is 9.04. The van der Waals surface area contributed by atoms with Crippen LogP contribution in [0.1, 0.15) is 16.8 Å². The maximum atomic E-state index is 11.8. The molecule has 0 radical (unpaired) electrons. The summed E-state index contributed by atoms with van der Waals surface area (Å²) in [5.74, 6) is -0.258. The molecule has 2 aromatic rings. The van der Waals surface area contributed by atoms with Gasteiger partial charge in [-0.2, -0.15) is 0 Å². The zero-order valence-corrected chi connectivity index (χ0v) is 10.6. The summed E-state index contributed by atoms with van der Waals surface area (Å²) in [6.45, 7) is 0.465. The SMILES string of the molecule is O=C(O)c1coc2cc(OCCCCl)ccc2c1=O. The number of carbonyl (C=O) groups is 1. The third-order valence-electron chi connectivity index (χ3n) is 2.52. The smallest absolute Gasteiger partial charge is 0.342 e. The van der Waals surface area contributed by atoms with Crippen molar-refractivity contribution in [2.24, 2.45) is 0 Å². The molecule has 2 rings (SSSR count). The fourth-order valence-electron chi connectivity index (χ4n) is 1.59. The van der Waals surface area contributed by atoms with Gasteiger partial charge in [0.2, 0.25) is 5.43 Å². The molecule has 1 heterocycles. The zero-order chi connectivity index (χ0) is 13.8. The molecule has 0 unspecified atom stereocenters. The van der Waals surface area contributed by atoms with Crippen molar-refractivity contribution in [2.75, 3.05) is 12.5 Å². The molecule has 0 aliphatic carbocycles. The lowest BCUT2D eigenvalue weighted by atomic mass is 10.1. The van der Waals surface area contributed by atoms with Crippen molar-refractivity contribution in [3.63, 3.8) is 0 Å². The van der Waals surface area contributed by atoms with E-state index in [1.165, 1.54) is 6.07 Å². The average molecular weight is 283 g/mol. The zero-order valence-electron chi connectivity index (χ0n) is 9.89. The predicted octanol–water partition coefficient (Wildman–Crippen LogP) is 2.50. The Bertz CT molecular complexity index is 662. The second-order valence-corrected chi connectivity index (χ2v) is 4.21. The number of benzene rings is 1. The molecule has 1 aromatic heterocycles. The number of hydrogen-bond acceptors (Lipinski definition) is 4. The first kappa shape index (κ1) is 13.4. The van der Waals surface area contributed by atoms with Gasteiger partial charge in [0, 0.05) is 11.9 Å². The Morgan fingerprint density at radius 2 is 2.21 bits per heavy atom. The highest BCUT2D eigenvalue weighted by Crippen LogP contribution is 2.19. The normalized spacial score (nSPS) is 10.6. The molecular weight excluding hydrogens is 272 g/mol. The fourth-order valence-corrected chi connectivity index (χ4v) is 1.70. The molecule has 0 atom stereocenters. The van der Waals surface area contributed by atoms with Crippen LogP contribution in [0.3, 0.4) is 0 Å². The van der Waals surface area contributed by atoms with E-state index >= 15 is 0 Å². The average Bonchev–Trinajstić information content (AvgIpc) is 2.39. The molecule has 0 aliphatic rings. The second kappa shape index (κ2) is 5.75. The fraction of sp³-hybridized carbons (Fsp3) is 0.231. The van der Waals surface area contributed by atoms with Crippen LogP contribution in [0.2, 0.25) is 0 Å². The van der Waals surface area contributed by atoms with E-state index in [0.29, 0.717) is 30.2 Å². The van der Waals surface area contributed by atoms with Gasteiger partial charge in [0.25, 0.3) is 0 Å². The molecule has 19 heavy (non-hydrogen) atoms. The minimum atomic E-state index is -1.31. The van der Waals surface area contributed by atoms with E-state index in [-0.39, 0.29) is 10.9 Å². The number of fused-ring (bicyclic) bond motifs is 1. The topological polar surface area (TPSA) is 76.7 Å². The van der Waals surface area contributed by atoms with Gasteiger partial charge in [0.15, 0.2) is 0 Å². The van der Waals surface area contributed by atoms with Gasteiger partial charge in [-0.3, -0.25) is 4.79 Å². The summed E-state index contributed by atoms with van der Waals surface area (Å²) in [6.07, 6.45) is 1.65. The Kier molecular flexibility index (Phi) is 4.06.